The van der Waals surface area contributed by atoms with Crippen LogP contribution in [0.25, 0.3) is 0 Å². The summed E-state index contributed by atoms with van der Waals surface area (Å²) in [5.74, 6) is -1.51. The largest absolute Gasteiger partial charge is 0.593 e. The normalized spacial score (nSPS) is 12.8. The monoisotopic (exact) mass is 472 g/mol. The number of aromatic carboxylic acids is 1. The number of nitrogens with one attached hydrogen (secondary N) is 2. The van der Waals surface area contributed by atoms with E-state index in [1.54, 1.807) is 24.3 Å². The van der Waals surface area contributed by atoms with Gasteiger partial charge in [0.15, 0.2) is 15.7 Å². The molecule has 0 fully saturated rings. The van der Waals surface area contributed by atoms with Gasteiger partial charge in [-0.05, 0) is 53.9 Å². The molecule has 5 N–H and O–H groups in total. The molecule has 10 heteroatoms. The van der Waals surface area contributed by atoms with Crippen LogP contribution in [-0.4, -0.2) is 26.3 Å². The Morgan fingerprint density at radius 3 is 2.44 bits per heavy atom. The van der Waals surface area contributed by atoms with E-state index >= 15 is 0 Å². The third kappa shape index (κ3) is 5.80. The van der Waals surface area contributed by atoms with Crippen molar-refractivity contribution in [2.75, 3.05) is 5.32 Å². The molecule has 0 amide bonds. The number of carboxylic acids is 1. The van der Waals surface area contributed by atoms with Crippen molar-refractivity contribution in [3.8, 4) is 0 Å². The van der Waals surface area contributed by atoms with Gasteiger partial charge in [0.25, 0.3) is 0 Å². The van der Waals surface area contributed by atoms with E-state index in [0.29, 0.717) is 39.7 Å². The Hall–Kier alpha value is -3.05. The van der Waals surface area contributed by atoms with Gasteiger partial charge in [0, 0.05) is 23.1 Å². The minimum Gasteiger partial charge on any atom is -0.593 e. The molecule has 1 atom stereocenters. The molecule has 0 saturated carbocycles. The van der Waals surface area contributed by atoms with Gasteiger partial charge in [0.05, 0.1) is 17.1 Å². The molecule has 2 aromatic carbocycles. The third-order valence-electron chi connectivity index (χ3n) is 4.67. The van der Waals surface area contributed by atoms with Crippen LogP contribution in [0.1, 0.15) is 35.0 Å². The lowest BCUT2D eigenvalue weighted by molar-refractivity contribution is 0.0691. The number of benzene rings is 2. The van der Waals surface area contributed by atoms with E-state index in [4.69, 9.17) is 15.7 Å². The van der Waals surface area contributed by atoms with Crippen molar-refractivity contribution in [3.05, 3.63) is 87.8 Å². The van der Waals surface area contributed by atoms with Crippen molar-refractivity contribution in [1.82, 2.24) is 4.98 Å². The summed E-state index contributed by atoms with van der Waals surface area (Å²) in [6.45, 7) is 1.91. The lowest BCUT2D eigenvalue weighted by Gasteiger charge is -2.17. The second-order valence-corrected chi connectivity index (χ2v) is 8.70. The first-order valence-corrected chi connectivity index (χ1v) is 11.7. The van der Waals surface area contributed by atoms with Crippen LogP contribution in [0.5, 0.6) is 0 Å². The van der Waals surface area contributed by atoms with Crippen LogP contribution in [0.2, 0.25) is 0 Å². The maximum atomic E-state index is 13.4. The molecule has 32 heavy (non-hydrogen) atoms. The first-order valence-electron chi connectivity index (χ1n) is 9.56. The summed E-state index contributed by atoms with van der Waals surface area (Å²) in [5, 5.41) is 28.3. The van der Waals surface area contributed by atoms with Crippen LogP contribution in [-0.2, 0) is 17.8 Å². The van der Waals surface area contributed by atoms with Gasteiger partial charge in [0.1, 0.15) is 5.82 Å². The molecule has 166 valence electrons. The molecule has 1 aromatic heterocycles. The summed E-state index contributed by atoms with van der Waals surface area (Å²) < 4.78 is 24.9. The molecule has 1 unspecified atom stereocenters. The summed E-state index contributed by atoms with van der Waals surface area (Å²) >= 11 is -0.431. The Morgan fingerprint density at radius 2 is 1.91 bits per heavy atom. The van der Waals surface area contributed by atoms with Gasteiger partial charge in [-0.15, -0.1) is 16.5 Å². The van der Waals surface area contributed by atoms with Crippen molar-refractivity contribution >= 4 is 39.5 Å². The van der Waals surface area contributed by atoms with E-state index in [1.165, 1.54) is 29.6 Å². The van der Waals surface area contributed by atoms with Gasteiger partial charge < -0.3 is 15.0 Å². The summed E-state index contributed by atoms with van der Waals surface area (Å²) in [7, 11) is 0. The van der Waals surface area contributed by atoms with E-state index in [9.17, 15) is 13.7 Å². The van der Waals surface area contributed by atoms with E-state index in [0.717, 1.165) is 16.9 Å². The van der Waals surface area contributed by atoms with Gasteiger partial charge in [0.2, 0.25) is 0 Å². The SMILES string of the molecule is CC/C(Nc1nc(C(=O)O)cs1)=C(\Cc1ccc([S+](N)[O-])cc1)C(=N)c1ccc(F)cc1. The van der Waals surface area contributed by atoms with E-state index in [1.807, 2.05) is 6.92 Å². The second-order valence-electron chi connectivity index (χ2n) is 6.78. The van der Waals surface area contributed by atoms with Crippen molar-refractivity contribution in [3.63, 3.8) is 0 Å². The summed E-state index contributed by atoms with van der Waals surface area (Å²) in [6.07, 6.45) is 0.882. The first kappa shape index (κ1) is 23.6. The molecule has 0 bridgehead atoms. The molecular weight excluding hydrogens is 451 g/mol. The average Bonchev–Trinajstić information content (AvgIpc) is 3.25. The zero-order valence-corrected chi connectivity index (χ0v) is 18.7. The van der Waals surface area contributed by atoms with Crippen molar-refractivity contribution < 1.29 is 18.8 Å². The number of nitrogens with two attached hydrogens (primary N) is 1. The predicted octanol–water partition coefficient (Wildman–Crippen LogP) is 4.35. The van der Waals surface area contributed by atoms with Gasteiger partial charge in [-0.2, -0.15) is 0 Å². The highest BCUT2D eigenvalue weighted by Crippen LogP contribution is 2.25. The van der Waals surface area contributed by atoms with Crippen LogP contribution in [0.4, 0.5) is 9.52 Å². The van der Waals surface area contributed by atoms with Crippen molar-refractivity contribution in [1.29, 1.82) is 5.41 Å². The predicted molar refractivity (Wildman–Crippen MR) is 124 cm³/mol. The molecule has 0 aliphatic heterocycles. The minimum atomic E-state index is -1.59. The molecule has 0 spiro atoms. The molecule has 0 radical (unpaired) electrons. The lowest BCUT2D eigenvalue weighted by Crippen LogP contribution is -2.15. The Bertz CT molecular complexity index is 1140. The van der Waals surface area contributed by atoms with Crippen LogP contribution in [0, 0.1) is 11.2 Å². The third-order valence-corrected chi connectivity index (χ3v) is 6.16. The van der Waals surface area contributed by atoms with E-state index in [2.05, 4.69) is 10.3 Å². The fraction of sp³-hybridized carbons (Fsp3) is 0.136. The number of carboxylic acid groups (broad SMARTS) is 1. The van der Waals surface area contributed by atoms with Gasteiger partial charge in [-0.25, -0.2) is 14.2 Å². The number of halogens is 1. The zero-order valence-electron chi connectivity index (χ0n) is 17.1. The number of anilines is 1. The maximum Gasteiger partial charge on any atom is 0.355 e. The Balaban J connectivity index is 2.00. The Kier molecular flexibility index (Phi) is 7.75. The highest BCUT2D eigenvalue weighted by Gasteiger charge is 2.17. The molecule has 3 rings (SSSR count). The van der Waals surface area contributed by atoms with Gasteiger partial charge in [-0.1, -0.05) is 19.1 Å². The van der Waals surface area contributed by atoms with Crippen molar-refractivity contribution in [2.45, 2.75) is 24.7 Å². The highest BCUT2D eigenvalue weighted by molar-refractivity contribution is 7.89. The number of aromatic nitrogens is 1. The first-order chi connectivity index (χ1) is 15.3. The van der Waals surface area contributed by atoms with Gasteiger partial charge in [-0.3, -0.25) is 5.41 Å². The van der Waals surface area contributed by atoms with Crippen LogP contribution in [0.3, 0.4) is 0 Å². The highest BCUT2D eigenvalue weighted by atomic mass is 32.2. The number of nitrogens with zero attached hydrogens (tertiary/aromatic N) is 1. The summed E-state index contributed by atoms with van der Waals surface area (Å²) in [4.78, 5) is 15.7. The summed E-state index contributed by atoms with van der Waals surface area (Å²) in [6, 6.07) is 12.6. The van der Waals surface area contributed by atoms with Crippen molar-refractivity contribution in [2.24, 2.45) is 5.14 Å². The minimum absolute atomic E-state index is 0.0616. The molecule has 3 aromatic rings. The quantitative estimate of drug-likeness (QED) is 0.270. The smallest absolute Gasteiger partial charge is 0.355 e. The maximum absolute atomic E-state index is 13.4. The topological polar surface area (TPSA) is 135 Å². The standard InChI is InChI=1S/C22H21FN4O3S2/c1-2-18(26-22-27-19(12-31-22)21(28)29)17(20(24)14-5-7-15(23)8-6-14)11-13-3-9-16(10-4-13)32(25)30/h3-10,12,24H,2,11,25H2,1H3,(H,26,27)(H,28,29)/b18-17-,24-20?. The number of allylic oxidation sites excluding steroid dienone is 2. The number of carbonyl (C=O) groups is 1. The average molecular weight is 473 g/mol. The van der Waals surface area contributed by atoms with Crippen LogP contribution in [0.15, 0.2) is 70.1 Å². The number of rotatable bonds is 9. The van der Waals surface area contributed by atoms with E-state index < -0.39 is 23.1 Å². The zero-order chi connectivity index (χ0) is 23.3. The van der Waals surface area contributed by atoms with Crippen LogP contribution >= 0.6 is 11.3 Å². The molecule has 1 heterocycles. The number of hydrogen-bond acceptors (Lipinski definition) is 7. The van der Waals surface area contributed by atoms with E-state index in [-0.39, 0.29) is 11.4 Å². The number of thiazole rings is 1. The Morgan fingerprint density at radius 1 is 1.25 bits per heavy atom. The lowest BCUT2D eigenvalue weighted by atomic mass is 9.93. The van der Waals surface area contributed by atoms with Crippen LogP contribution < -0.4 is 10.5 Å². The number of hydrogen-bond donors (Lipinski definition) is 4. The molecule has 0 saturated heterocycles. The Labute approximate surface area is 191 Å². The molecule has 0 aliphatic carbocycles. The molecular formula is C22H21FN4O3S2. The van der Waals surface area contributed by atoms with Gasteiger partial charge >= 0.3 is 5.97 Å². The molecule has 0 aliphatic rings. The fourth-order valence-electron chi connectivity index (χ4n) is 3.02. The summed E-state index contributed by atoms with van der Waals surface area (Å²) in [5.41, 5.74) is 2.88. The fourth-order valence-corrected chi connectivity index (χ4v) is 4.13. The molecule has 7 nitrogen and oxygen atoms in total. The second kappa shape index (κ2) is 10.5.